The Morgan fingerprint density at radius 1 is 1.14 bits per heavy atom. The van der Waals surface area contributed by atoms with E-state index in [1.165, 1.54) is 5.56 Å². The number of nitrogens with zero attached hydrogens (tertiary/aromatic N) is 2. The molecule has 0 aromatic heterocycles. The summed E-state index contributed by atoms with van der Waals surface area (Å²) < 4.78 is 11.2. The molecule has 6 nitrogen and oxygen atoms in total. The van der Waals surface area contributed by atoms with Crippen LogP contribution in [-0.2, 0) is 11.3 Å². The zero-order valence-electron chi connectivity index (χ0n) is 16.8. The van der Waals surface area contributed by atoms with E-state index in [0.29, 0.717) is 11.7 Å². The third-order valence-electron chi connectivity index (χ3n) is 4.60. The Hall–Kier alpha value is -2.48. The first-order valence-electron chi connectivity index (χ1n) is 9.84. The van der Waals surface area contributed by atoms with Gasteiger partial charge in [-0.15, -0.1) is 0 Å². The minimum Gasteiger partial charge on any atom is -0.489 e. The van der Waals surface area contributed by atoms with Crippen LogP contribution < -0.4 is 15.5 Å². The van der Waals surface area contributed by atoms with Crippen molar-refractivity contribution in [3.8, 4) is 5.75 Å². The Morgan fingerprint density at radius 2 is 1.86 bits per heavy atom. The molecule has 0 unspecified atom stereocenters. The molecule has 1 saturated heterocycles. The predicted octanol–water partition coefficient (Wildman–Crippen LogP) is 2.70. The van der Waals surface area contributed by atoms with Crippen LogP contribution in [0.15, 0.2) is 53.6 Å². The molecular weight excluding hydrogens is 384 g/mol. The van der Waals surface area contributed by atoms with Crippen LogP contribution in [0, 0.1) is 6.92 Å². The maximum absolute atomic E-state index is 5.82. The molecule has 0 amide bonds. The van der Waals surface area contributed by atoms with Gasteiger partial charge < -0.3 is 14.8 Å². The maximum atomic E-state index is 5.82. The van der Waals surface area contributed by atoms with Crippen LogP contribution >= 0.6 is 12.2 Å². The highest BCUT2D eigenvalue weighted by molar-refractivity contribution is 7.80. The van der Waals surface area contributed by atoms with Crippen LogP contribution in [0.4, 0.5) is 0 Å². The molecule has 2 aromatic carbocycles. The van der Waals surface area contributed by atoms with E-state index in [4.69, 9.17) is 21.7 Å². The zero-order valence-corrected chi connectivity index (χ0v) is 17.6. The molecule has 7 heteroatoms. The smallest absolute Gasteiger partial charge is 0.187 e. The van der Waals surface area contributed by atoms with Gasteiger partial charge in [0.2, 0.25) is 0 Å². The molecule has 1 fully saturated rings. The van der Waals surface area contributed by atoms with Gasteiger partial charge in [0.25, 0.3) is 0 Å². The van der Waals surface area contributed by atoms with Crippen molar-refractivity contribution in [2.45, 2.75) is 13.5 Å². The molecule has 1 heterocycles. The summed E-state index contributed by atoms with van der Waals surface area (Å²) in [6.45, 7) is 7.93. The van der Waals surface area contributed by atoms with Gasteiger partial charge >= 0.3 is 0 Å². The van der Waals surface area contributed by atoms with E-state index in [1.807, 2.05) is 24.3 Å². The van der Waals surface area contributed by atoms with Crippen molar-refractivity contribution in [3.05, 3.63) is 65.2 Å². The minimum atomic E-state index is 0.521. The molecule has 2 aromatic rings. The average molecular weight is 413 g/mol. The maximum Gasteiger partial charge on any atom is 0.187 e. The second-order valence-electron chi connectivity index (χ2n) is 6.92. The van der Waals surface area contributed by atoms with Crippen molar-refractivity contribution in [1.29, 1.82) is 0 Å². The minimum absolute atomic E-state index is 0.521. The number of aryl methyl sites for hydroxylation is 1. The summed E-state index contributed by atoms with van der Waals surface area (Å²) in [6, 6.07) is 16.2. The number of nitrogens with one attached hydrogen (secondary N) is 2. The van der Waals surface area contributed by atoms with Crippen molar-refractivity contribution >= 4 is 23.5 Å². The molecule has 0 saturated carbocycles. The molecule has 0 radical (unpaired) electrons. The van der Waals surface area contributed by atoms with Gasteiger partial charge in [-0.05, 0) is 54.5 Å². The molecule has 0 atom stereocenters. The Balaban J connectivity index is 1.34. The fourth-order valence-electron chi connectivity index (χ4n) is 2.86. The molecule has 0 spiro atoms. The topological polar surface area (TPSA) is 58.1 Å². The highest BCUT2D eigenvalue weighted by atomic mass is 32.1. The Morgan fingerprint density at radius 3 is 2.59 bits per heavy atom. The number of morpholine rings is 1. The molecule has 0 aliphatic carbocycles. The number of hydrogen-bond donors (Lipinski definition) is 2. The highest BCUT2D eigenvalue weighted by Crippen LogP contribution is 2.14. The Labute approximate surface area is 177 Å². The van der Waals surface area contributed by atoms with Gasteiger partial charge in [0.1, 0.15) is 12.4 Å². The molecule has 3 rings (SSSR count). The largest absolute Gasteiger partial charge is 0.489 e. The van der Waals surface area contributed by atoms with E-state index >= 15 is 0 Å². The van der Waals surface area contributed by atoms with Crippen LogP contribution in [0.3, 0.4) is 0 Å². The van der Waals surface area contributed by atoms with Gasteiger partial charge in [-0.3, -0.25) is 10.3 Å². The molecule has 2 N–H and O–H groups in total. The quantitative estimate of drug-likeness (QED) is 0.395. The third kappa shape index (κ3) is 7.81. The molecular formula is C22H28N4O2S. The van der Waals surface area contributed by atoms with Crippen molar-refractivity contribution in [2.75, 3.05) is 39.4 Å². The van der Waals surface area contributed by atoms with Crippen LogP contribution in [0.2, 0.25) is 0 Å². The lowest BCUT2D eigenvalue weighted by Crippen LogP contribution is -2.42. The van der Waals surface area contributed by atoms with Crippen molar-refractivity contribution < 1.29 is 9.47 Å². The fourth-order valence-corrected chi connectivity index (χ4v) is 3.01. The fraction of sp³-hybridized carbons (Fsp3) is 0.364. The lowest BCUT2D eigenvalue weighted by atomic mass is 10.2. The summed E-state index contributed by atoms with van der Waals surface area (Å²) in [5, 5.41) is 7.87. The van der Waals surface area contributed by atoms with E-state index in [0.717, 1.165) is 56.3 Å². The van der Waals surface area contributed by atoms with Gasteiger partial charge in [-0.2, -0.15) is 5.10 Å². The summed E-state index contributed by atoms with van der Waals surface area (Å²) in [7, 11) is 0. The summed E-state index contributed by atoms with van der Waals surface area (Å²) in [5.41, 5.74) is 6.22. The van der Waals surface area contributed by atoms with Gasteiger partial charge in [0, 0.05) is 26.2 Å². The monoisotopic (exact) mass is 412 g/mol. The normalized spacial score (nSPS) is 14.7. The predicted molar refractivity (Wildman–Crippen MR) is 121 cm³/mol. The highest BCUT2D eigenvalue weighted by Gasteiger charge is 2.09. The van der Waals surface area contributed by atoms with E-state index in [1.54, 1.807) is 6.21 Å². The molecule has 0 bridgehead atoms. The Bertz CT molecular complexity index is 787. The van der Waals surface area contributed by atoms with Gasteiger partial charge in [-0.25, -0.2) is 0 Å². The molecule has 1 aliphatic heterocycles. The summed E-state index contributed by atoms with van der Waals surface area (Å²) in [4.78, 5) is 2.35. The van der Waals surface area contributed by atoms with Crippen LogP contribution in [0.5, 0.6) is 5.75 Å². The number of hydrogen-bond acceptors (Lipinski definition) is 5. The van der Waals surface area contributed by atoms with Gasteiger partial charge in [-0.1, -0.05) is 29.8 Å². The summed E-state index contributed by atoms with van der Waals surface area (Å²) in [5.74, 6) is 0.830. The van der Waals surface area contributed by atoms with Gasteiger partial charge in [0.15, 0.2) is 5.11 Å². The number of benzene rings is 2. The number of hydrazone groups is 1. The van der Waals surface area contributed by atoms with Gasteiger partial charge in [0.05, 0.1) is 19.4 Å². The van der Waals surface area contributed by atoms with Crippen LogP contribution in [-0.4, -0.2) is 55.6 Å². The standard InChI is InChI=1S/C22H28N4O2S/c1-18-2-4-20(5-3-18)17-28-21-8-6-19(7-9-21)16-24-25-22(29)23-10-11-26-12-14-27-15-13-26/h2-9,16H,10-15,17H2,1H3,(H2,23,25,29)/b24-16-. The first-order chi connectivity index (χ1) is 14.2. The molecule has 154 valence electrons. The van der Waals surface area contributed by atoms with E-state index in [-0.39, 0.29) is 0 Å². The van der Waals surface area contributed by atoms with Crippen molar-refractivity contribution in [1.82, 2.24) is 15.6 Å². The summed E-state index contributed by atoms with van der Waals surface area (Å²) in [6.07, 6.45) is 1.74. The Kier molecular flexibility index (Phi) is 8.42. The zero-order chi connectivity index (χ0) is 20.3. The van der Waals surface area contributed by atoms with Crippen molar-refractivity contribution in [3.63, 3.8) is 0 Å². The molecule has 1 aliphatic rings. The van der Waals surface area contributed by atoms with Crippen LogP contribution in [0.25, 0.3) is 0 Å². The molecule has 29 heavy (non-hydrogen) atoms. The lowest BCUT2D eigenvalue weighted by molar-refractivity contribution is 0.0389. The van der Waals surface area contributed by atoms with E-state index in [9.17, 15) is 0 Å². The second-order valence-corrected chi connectivity index (χ2v) is 7.33. The van der Waals surface area contributed by atoms with Crippen LogP contribution in [0.1, 0.15) is 16.7 Å². The second kappa shape index (κ2) is 11.5. The SMILES string of the molecule is Cc1ccc(COc2ccc(/C=N\NC(=S)NCCN3CCOCC3)cc2)cc1. The number of rotatable bonds is 8. The summed E-state index contributed by atoms with van der Waals surface area (Å²) >= 11 is 5.25. The number of thiocarbonyl (C=S) groups is 1. The van der Waals surface area contributed by atoms with E-state index < -0.39 is 0 Å². The number of ether oxygens (including phenoxy) is 2. The average Bonchev–Trinajstić information content (AvgIpc) is 2.75. The lowest BCUT2D eigenvalue weighted by Gasteiger charge is -2.26. The first kappa shape index (κ1) is 21.2. The van der Waals surface area contributed by atoms with E-state index in [2.05, 4.69) is 51.9 Å². The third-order valence-corrected chi connectivity index (χ3v) is 4.84. The first-order valence-corrected chi connectivity index (χ1v) is 10.3. The van der Waals surface area contributed by atoms with Crippen molar-refractivity contribution in [2.24, 2.45) is 5.10 Å².